The number of anilines is 1. The average molecular weight is 237 g/mol. The van der Waals surface area contributed by atoms with Gasteiger partial charge >= 0.3 is 0 Å². The summed E-state index contributed by atoms with van der Waals surface area (Å²) in [5.74, 6) is 0.745. The van der Waals surface area contributed by atoms with E-state index in [4.69, 9.17) is 0 Å². The number of aldehydes is 1. The third-order valence-corrected chi connectivity index (χ3v) is 4.37. The van der Waals surface area contributed by atoms with E-state index in [1.807, 2.05) is 23.4 Å². The van der Waals surface area contributed by atoms with E-state index < -0.39 is 11.0 Å². The molecule has 1 saturated heterocycles. The van der Waals surface area contributed by atoms with Gasteiger partial charge in [-0.3, -0.25) is 9.10 Å². The molecule has 0 amide bonds. The van der Waals surface area contributed by atoms with Gasteiger partial charge in [0.15, 0.2) is 0 Å². The smallest absolute Gasteiger partial charge is 0.150 e. The second-order valence-corrected chi connectivity index (χ2v) is 5.49. The van der Waals surface area contributed by atoms with Gasteiger partial charge in [-0.15, -0.1) is 0 Å². The van der Waals surface area contributed by atoms with Gasteiger partial charge in [0.25, 0.3) is 0 Å². The number of nitrogens with zero attached hydrogens (tertiary/aromatic N) is 1. The SMILES string of the molecule is Cc1cc(N2CCCCS2=O)ccc1C=O. The number of rotatable bonds is 2. The van der Waals surface area contributed by atoms with Crippen LogP contribution in [0, 0.1) is 6.92 Å². The fourth-order valence-corrected chi connectivity index (χ4v) is 3.24. The highest BCUT2D eigenvalue weighted by molar-refractivity contribution is 7.86. The number of aryl methyl sites for hydroxylation is 1. The van der Waals surface area contributed by atoms with E-state index in [1.54, 1.807) is 6.07 Å². The highest BCUT2D eigenvalue weighted by Crippen LogP contribution is 2.23. The first-order valence-electron chi connectivity index (χ1n) is 5.44. The Morgan fingerprint density at radius 1 is 1.38 bits per heavy atom. The lowest BCUT2D eigenvalue weighted by Crippen LogP contribution is -2.32. The van der Waals surface area contributed by atoms with Crippen LogP contribution in [0.2, 0.25) is 0 Å². The topological polar surface area (TPSA) is 37.4 Å². The van der Waals surface area contributed by atoms with Gasteiger partial charge in [-0.25, -0.2) is 4.21 Å². The summed E-state index contributed by atoms with van der Waals surface area (Å²) in [6, 6.07) is 5.61. The minimum absolute atomic E-state index is 0.701. The van der Waals surface area contributed by atoms with Crippen molar-refractivity contribution in [3.8, 4) is 0 Å². The summed E-state index contributed by atoms with van der Waals surface area (Å²) in [7, 11) is -0.901. The van der Waals surface area contributed by atoms with E-state index in [-0.39, 0.29) is 0 Å². The molecular formula is C12H15NO2S. The molecule has 0 bridgehead atoms. The zero-order valence-corrected chi connectivity index (χ0v) is 10.1. The van der Waals surface area contributed by atoms with Crippen molar-refractivity contribution in [1.82, 2.24) is 0 Å². The van der Waals surface area contributed by atoms with Crippen LogP contribution in [0.25, 0.3) is 0 Å². The molecule has 1 aliphatic heterocycles. The Morgan fingerprint density at radius 3 is 2.81 bits per heavy atom. The number of benzene rings is 1. The van der Waals surface area contributed by atoms with Gasteiger partial charge in [0.2, 0.25) is 0 Å². The lowest BCUT2D eigenvalue weighted by atomic mass is 10.1. The Balaban J connectivity index is 2.29. The van der Waals surface area contributed by atoms with E-state index in [1.165, 1.54) is 0 Å². The van der Waals surface area contributed by atoms with Gasteiger partial charge in [-0.2, -0.15) is 0 Å². The normalized spacial score (nSPS) is 20.8. The molecule has 0 saturated carbocycles. The van der Waals surface area contributed by atoms with Crippen molar-refractivity contribution in [2.75, 3.05) is 16.6 Å². The van der Waals surface area contributed by atoms with E-state index in [0.29, 0.717) is 5.56 Å². The summed E-state index contributed by atoms with van der Waals surface area (Å²) in [4.78, 5) is 10.7. The van der Waals surface area contributed by atoms with Crippen LogP contribution in [-0.4, -0.2) is 22.8 Å². The number of hydrogen-bond acceptors (Lipinski definition) is 2. The molecule has 1 aromatic rings. The molecule has 0 radical (unpaired) electrons. The van der Waals surface area contributed by atoms with Crippen LogP contribution in [0.5, 0.6) is 0 Å². The van der Waals surface area contributed by atoms with E-state index >= 15 is 0 Å². The van der Waals surface area contributed by atoms with Crippen LogP contribution in [-0.2, 0) is 11.0 Å². The number of hydrogen-bond donors (Lipinski definition) is 0. The molecule has 1 atom stereocenters. The molecule has 1 fully saturated rings. The average Bonchev–Trinajstić information content (AvgIpc) is 2.29. The minimum atomic E-state index is -0.901. The van der Waals surface area contributed by atoms with Crippen molar-refractivity contribution in [2.24, 2.45) is 0 Å². The van der Waals surface area contributed by atoms with Crippen LogP contribution in [0.4, 0.5) is 5.69 Å². The Kier molecular flexibility index (Phi) is 3.39. The lowest BCUT2D eigenvalue weighted by molar-refractivity contribution is 0.112. The van der Waals surface area contributed by atoms with Crippen molar-refractivity contribution >= 4 is 23.0 Å². The molecular weight excluding hydrogens is 222 g/mol. The van der Waals surface area contributed by atoms with Crippen molar-refractivity contribution in [1.29, 1.82) is 0 Å². The monoisotopic (exact) mass is 237 g/mol. The minimum Gasteiger partial charge on any atom is -0.298 e. The van der Waals surface area contributed by atoms with Gasteiger partial charge in [-0.05, 0) is 43.5 Å². The predicted octanol–water partition coefficient (Wildman–Crippen LogP) is 2.07. The van der Waals surface area contributed by atoms with Crippen LogP contribution in [0.3, 0.4) is 0 Å². The number of carbonyl (C=O) groups excluding carboxylic acids is 1. The highest BCUT2D eigenvalue weighted by Gasteiger charge is 2.18. The summed E-state index contributed by atoms with van der Waals surface area (Å²) in [5, 5.41) is 0. The van der Waals surface area contributed by atoms with Gasteiger partial charge in [0.05, 0.1) is 0 Å². The lowest BCUT2D eigenvalue weighted by Gasteiger charge is -2.27. The molecule has 3 nitrogen and oxygen atoms in total. The molecule has 2 rings (SSSR count). The molecule has 0 aliphatic carbocycles. The molecule has 4 heteroatoms. The van der Waals surface area contributed by atoms with E-state index in [0.717, 1.165) is 42.7 Å². The van der Waals surface area contributed by atoms with Crippen molar-refractivity contribution in [2.45, 2.75) is 19.8 Å². The van der Waals surface area contributed by atoms with Crippen LogP contribution in [0.15, 0.2) is 18.2 Å². The largest absolute Gasteiger partial charge is 0.298 e. The summed E-state index contributed by atoms with van der Waals surface area (Å²) in [6.45, 7) is 2.74. The second-order valence-electron chi connectivity index (χ2n) is 3.99. The quantitative estimate of drug-likeness (QED) is 0.738. The summed E-state index contributed by atoms with van der Waals surface area (Å²) < 4.78 is 13.7. The van der Waals surface area contributed by atoms with E-state index in [2.05, 4.69) is 0 Å². The first-order valence-corrected chi connectivity index (χ1v) is 6.72. The summed E-state index contributed by atoms with van der Waals surface area (Å²) >= 11 is 0. The Hall–Kier alpha value is -1.16. The zero-order valence-electron chi connectivity index (χ0n) is 9.31. The molecule has 86 valence electrons. The summed E-state index contributed by atoms with van der Waals surface area (Å²) in [6.07, 6.45) is 2.97. The Bertz CT molecular complexity index is 431. The Labute approximate surface area is 98.0 Å². The van der Waals surface area contributed by atoms with Gasteiger partial charge in [-0.1, -0.05) is 0 Å². The maximum atomic E-state index is 11.8. The van der Waals surface area contributed by atoms with Gasteiger partial charge in [0, 0.05) is 23.5 Å². The second kappa shape index (κ2) is 4.78. The fourth-order valence-electron chi connectivity index (χ4n) is 1.89. The third-order valence-electron chi connectivity index (χ3n) is 2.84. The van der Waals surface area contributed by atoms with Gasteiger partial charge in [0.1, 0.15) is 17.3 Å². The maximum Gasteiger partial charge on any atom is 0.150 e. The van der Waals surface area contributed by atoms with Crippen molar-refractivity contribution in [3.05, 3.63) is 29.3 Å². The Morgan fingerprint density at radius 2 is 2.19 bits per heavy atom. The predicted molar refractivity (Wildman–Crippen MR) is 66.2 cm³/mol. The van der Waals surface area contributed by atoms with Crippen molar-refractivity contribution < 1.29 is 9.00 Å². The van der Waals surface area contributed by atoms with Crippen LogP contribution < -0.4 is 4.31 Å². The van der Waals surface area contributed by atoms with Crippen LogP contribution >= 0.6 is 0 Å². The summed E-state index contributed by atoms with van der Waals surface area (Å²) in [5.41, 5.74) is 2.60. The molecule has 0 N–H and O–H groups in total. The molecule has 0 aromatic heterocycles. The van der Waals surface area contributed by atoms with Gasteiger partial charge < -0.3 is 0 Å². The van der Waals surface area contributed by atoms with Crippen molar-refractivity contribution in [3.63, 3.8) is 0 Å². The number of carbonyl (C=O) groups is 1. The van der Waals surface area contributed by atoms with Crippen LogP contribution in [0.1, 0.15) is 28.8 Å². The van der Waals surface area contributed by atoms with E-state index in [9.17, 15) is 9.00 Å². The maximum absolute atomic E-state index is 11.8. The zero-order chi connectivity index (χ0) is 11.5. The first-order chi connectivity index (χ1) is 7.72. The standard InChI is InChI=1S/C12H15NO2S/c1-10-8-12(5-4-11(10)9-14)13-6-2-3-7-16(13)15/h4-5,8-9H,2-3,6-7H2,1H3. The first kappa shape index (κ1) is 11.3. The molecule has 1 aliphatic rings. The molecule has 1 aromatic carbocycles. The highest BCUT2D eigenvalue weighted by atomic mass is 32.2. The fraction of sp³-hybridized carbons (Fsp3) is 0.417. The molecule has 16 heavy (non-hydrogen) atoms. The molecule has 1 heterocycles. The third kappa shape index (κ3) is 2.16. The molecule has 0 spiro atoms. The molecule has 1 unspecified atom stereocenters.